The third kappa shape index (κ3) is 2.64. The van der Waals surface area contributed by atoms with E-state index in [4.69, 9.17) is 4.74 Å². The zero-order valence-corrected chi connectivity index (χ0v) is 10.5. The summed E-state index contributed by atoms with van der Waals surface area (Å²) in [5.74, 6) is -0.843. The Kier molecular flexibility index (Phi) is 4.26. The van der Waals surface area contributed by atoms with Gasteiger partial charge < -0.3 is 9.47 Å². The number of carbonyl (C=O) groups is 2. The van der Waals surface area contributed by atoms with Crippen molar-refractivity contribution in [2.75, 3.05) is 13.7 Å². The third-order valence-corrected chi connectivity index (χ3v) is 2.51. The van der Waals surface area contributed by atoms with Crippen LogP contribution in [0.1, 0.15) is 28.4 Å². The second-order valence-electron chi connectivity index (χ2n) is 3.64. The summed E-state index contributed by atoms with van der Waals surface area (Å²) >= 11 is 0. The minimum absolute atomic E-state index is 0.187. The van der Waals surface area contributed by atoms with Crippen LogP contribution in [0.2, 0.25) is 0 Å². The van der Waals surface area contributed by atoms with Gasteiger partial charge in [0.25, 0.3) is 5.78 Å². The van der Waals surface area contributed by atoms with Gasteiger partial charge in [-0.05, 0) is 32.4 Å². The zero-order chi connectivity index (χ0) is 13.0. The van der Waals surface area contributed by atoms with Crippen LogP contribution in [0.4, 0.5) is 0 Å². The number of ether oxygens (including phenoxy) is 2. The van der Waals surface area contributed by atoms with Gasteiger partial charge in [-0.15, -0.1) is 0 Å². The number of rotatable bonds is 4. The van der Waals surface area contributed by atoms with Crippen LogP contribution >= 0.6 is 0 Å². The number of esters is 1. The van der Waals surface area contributed by atoms with Crippen LogP contribution < -0.4 is 4.74 Å². The van der Waals surface area contributed by atoms with Gasteiger partial charge in [0.15, 0.2) is 0 Å². The number of hydrogen-bond acceptors (Lipinski definition) is 4. The minimum Gasteiger partial charge on any atom is -0.496 e. The maximum atomic E-state index is 11.8. The topological polar surface area (TPSA) is 52.6 Å². The minimum atomic E-state index is -0.832. The highest BCUT2D eigenvalue weighted by Crippen LogP contribution is 2.26. The molecule has 0 aliphatic rings. The fourth-order valence-corrected chi connectivity index (χ4v) is 1.69. The van der Waals surface area contributed by atoms with E-state index in [1.54, 1.807) is 26.0 Å². The first-order valence-corrected chi connectivity index (χ1v) is 5.38. The van der Waals surface area contributed by atoms with Crippen molar-refractivity contribution in [3.8, 4) is 5.75 Å². The van der Waals surface area contributed by atoms with E-state index in [0.717, 1.165) is 5.56 Å². The second kappa shape index (κ2) is 5.48. The van der Waals surface area contributed by atoms with Crippen LogP contribution in [0.15, 0.2) is 12.1 Å². The number of carbonyl (C=O) groups excluding carboxylic acids is 2. The van der Waals surface area contributed by atoms with Crippen molar-refractivity contribution in [3.05, 3.63) is 28.8 Å². The summed E-state index contributed by atoms with van der Waals surface area (Å²) in [7, 11) is 1.54. The normalized spacial score (nSPS) is 9.88. The maximum absolute atomic E-state index is 11.8. The summed E-state index contributed by atoms with van der Waals surface area (Å²) in [6.07, 6.45) is 0. The standard InChI is InChI=1S/C13H16O4/c1-5-17-13(15)11(14)10-7-6-8(2)12(16-4)9(10)3/h6-7H,5H2,1-4H3. The average Bonchev–Trinajstić information content (AvgIpc) is 2.29. The Morgan fingerprint density at radius 3 is 2.41 bits per heavy atom. The summed E-state index contributed by atoms with van der Waals surface area (Å²) in [6, 6.07) is 3.37. The van der Waals surface area contributed by atoms with Gasteiger partial charge >= 0.3 is 5.97 Å². The molecule has 0 fully saturated rings. The highest BCUT2D eigenvalue weighted by Gasteiger charge is 2.21. The SMILES string of the molecule is CCOC(=O)C(=O)c1ccc(C)c(OC)c1C. The number of aryl methyl sites for hydroxylation is 1. The number of methoxy groups -OCH3 is 1. The van der Waals surface area contributed by atoms with E-state index in [0.29, 0.717) is 16.9 Å². The zero-order valence-electron chi connectivity index (χ0n) is 10.5. The number of ketones is 1. The monoisotopic (exact) mass is 236 g/mol. The van der Waals surface area contributed by atoms with Crippen LogP contribution in [-0.4, -0.2) is 25.5 Å². The largest absolute Gasteiger partial charge is 0.496 e. The molecule has 0 saturated carbocycles. The summed E-state index contributed by atoms with van der Waals surface area (Å²) in [5, 5.41) is 0. The molecule has 0 aliphatic carbocycles. The van der Waals surface area contributed by atoms with Gasteiger partial charge in [-0.3, -0.25) is 4.79 Å². The Morgan fingerprint density at radius 1 is 1.24 bits per heavy atom. The Morgan fingerprint density at radius 2 is 1.88 bits per heavy atom. The van der Waals surface area contributed by atoms with E-state index in [-0.39, 0.29) is 6.61 Å². The first-order valence-electron chi connectivity index (χ1n) is 5.38. The molecule has 0 aliphatic heterocycles. The quantitative estimate of drug-likeness (QED) is 0.456. The van der Waals surface area contributed by atoms with Crippen molar-refractivity contribution in [1.82, 2.24) is 0 Å². The molecule has 0 radical (unpaired) electrons. The molecule has 0 bridgehead atoms. The summed E-state index contributed by atoms with van der Waals surface area (Å²) in [6.45, 7) is 5.48. The molecule has 4 nitrogen and oxygen atoms in total. The fraction of sp³-hybridized carbons (Fsp3) is 0.385. The Balaban J connectivity index is 3.15. The number of benzene rings is 1. The molecule has 0 spiro atoms. The number of Topliss-reactive ketones (excluding diaryl/α,β-unsaturated/α-hetero) is 1. The van der Waals surface area contributed by atoms with Crippen LogP contribution in [0.25, 0.3) is 0 Å². The van der Waals surface area contributed by atoms with E-state index in [9.17, 15) is 9.59 Å². The van der Waals surface area contributed by atoms with Gasteiger partial charge in [-0.2, -0.15) is 0 Å². The smallest absolute Gasteiger partial charge is 0.379 e. The predicted molar refractivity (Wildman–Crippen MR) is 63.4 cm³/mol. The van der Waals surface area contributed by atoms with Gasteiger partial charge in [0.05, 0.1) is 13.7 Å². The second-order valence-corrected chi connectivity index (χ2v) is 3.64. The van der Waals surface area contributed by atoms with Crippen molar-refractivity contribution in [3.63, 3.8) is 0 Å². The van der Waals surface area contributed by atoms with Gasteiger partial charge in [-0.1, -0.05) is 6.07 Å². The van der Waals surface area contributed by atoms with Gasteiger partial charge in [0.1, 0.15) is 5.75 Å². The van der Waals surface area contributed by atoms with Crippen molar-refractivity contribution in [2.24, 2.45) is 0 Å². The molecule has 0 atom stereocenters. The molecule has 0 heterocycles. The highest BCUT2D eigenvalue weighted by atomic mass is 16.5. The lowest BCUT2D eigenvalue weighted by Gasteiger charge is -2.11. The van der Waals surface area contributed by atoms with E-state index in [2.05, 4.69) is 4.74 Å². The van der Waals surface area contributed by atoms with Crippen LogP contribution in [0.5, 0.6) is 5.75 Å². The maximum Gasteiger partial charge on any atom is 0.379 e. The first kappa shape index (κ1) is 13.2. The Bertz CT molecular complexity index is 449. The predicted octanol–water partition coefficient (Wildman–Crippen LogP) is 2.06. The molecule has 1 aromatic carbocycles. The van der Waals surface area contributed by atoms with Crippen LogP contribution in [0.3, 0.4) is 0 Å². The lowest BCUT2D eigenvalue weighted by molar-refractivity contribution is -0.137. The molecule has 92 valence electrons. The summed E-state index contributed by atoms with van der Waals surface area (Å²) in [5.41, 5.74) is 1.90. The van der Waals surface area contributed by atoms with E-state index >= 15 is 0 Å². The molecule has 17 heavy (non-hydrogen) atoms. The Labute approximate surface area is 101 Å². The molecular weight excluding hydrogens is 220 g/mol. The lowest BCUT2D eigenvalue weighted by Crippen LogP contribution is -2.18. The third-order valence-electron chi connectivity index (χ3n) is 2.51. The van der Waals surface area contributed by atoms with E-state index < -0.39 is 11.8 Å². The molecule has 0 aromatic heterocycles. The van der Waals surface area contributed by atoms with Crippen molar-refractivity contribution >= 4 is 11.8 Å². The molecule has 1 aromatic rings. The average molecular weight is 236 g/mol. The van der Waals surface area contributed by atoms with Crippen LogP contribution in [0, 0.1) is 13.8 Å². The van der Waals surface area contributed by atoms with Crippen molar-refractivity contribution < 1.29 is 19.1 Å². The van der Waals surface area contributed by atoms with E-state index in [1.165, 1.54) is 7.11 Å². The van der Waals surface area contributed by atoms with Crippen LogP contribution in [-0.2, 0) is 9.53 Å². The highest BCUT2D eigenvalue weighted by molar-refractivity contribution is 6.41. The van der Waals surface area contributed by atoms with E-state index in [1.807, 2.05) is 6.92 Å². The Hall–Kier alpha value is -1.84. The molecule has 0 amide bonds. The number of hydrogen-bond donors (Lipinski definition) is 0. The molecular formula is C13H16O4. The van der Waals surface area contributed by atoms with Crippen molar-refractivity contribution in [1.29, 1.82) is 0 Å². The summed E-state index contributed by atoms with van der Waals surface area (Å²) in [4.78, 5) is 23.2. The van der Waals surface area contributed by atoms with Gasteiger partial charge in [-0.25, -0.2) is 4.79 Å². The molecule has 0 saturated heterocycles. The lowest BCUT2D eigenvalue weighted by atomic mass is 10.0. The molecule has 1 rings (SSSR count). The molecule has 0 N–H and O–H groups in total. The van der Waals surface area contributed by atoms with Gasteiger partial charge in [0.2, 0.25) is 0 Å². The molecule has 0 unspecified atom stereocenters. The van der Waals surface area contributed by atoms with Gasteiger partial charge in [0, 0.05) is 11.1 Å². The first-order chi connectivity index (χ1) is 8.02. The molecule has 4 heteroatoms. The summed E-state index contributed by atoms with van der Waals surface area (Å²) < 4.78 is 9.89. The fourth-order valence-electron chi connectivity index (χ4n) is 1.69. The van der Waals surface area contributed by atoms with Crippen molar-refractivity contribution in [2.45, 2.75) is 20.8 Å².